The molecule has 1 saturated heterocycles. The highest BCUT2D eigenvalue weighted by molar-refractivity contribution is 5.69. The van der Waals surface area contributed by atoms with Gasteiger partial charge in [-0.05, 0) is 18.8 Å². The van der Waals surface area contributed by atoms with Crippen LogP contribution in [0.4, 0.5) is 0 Å². The molecule has 2 aromatic rings. The first-order valence-corrected chi connectivity index (χ1v) is 9.19. The average molecular weight is 346 g/mol. The lowest BCUT2D eigenvalue weighted by molar-refractivity contribution is -0.129. The molecule has 0 spiro atoms. The molecule has 0 unspecified atom stereocenters. The van der Waals surface area contributed by atoms with E-state index in [9.17, 15) is 9.59 Å². The van der Waals surface area contributed by atoms with Crippen molar-refractivity contribution in [2.75, 3.05) is 13.2 Å². The zero-order chi connectivity index (χ0) is 17.6. The van der Waals surface area contributed by atoms with E-state index in [1.807, 2.05) is 0 Å². The normalized spacial score (nSPS) is 20.2. The monoisotopic (exact) mass is 346 g/mol. The van der Waals surface area contributed by atoms with Gasteiger partial charge in [-0.2, -0.15) is 0 Å². The fourth-order valence-corrected chi connectivity index (χ4v) is 4.39. The van der Waals surface area contributed by atoms with Crippen LogP contribution in [0.1, 0.15) is 38.5 Å². The zero-order valence-corrected chi connectivity index (χ0v) is 15.0. The van der Waals surface area contributed by atoms with Crippen LogP contribution in [0, 0.1) is 11.3 Å². The number of fused-ring (bicyclic) bond motifs is 1. The van der Waals surface area contributed by atoms with Gasteiger partial charge in [-0.3, -0.25) is 13.9 Å². The summed E-state index contributed by atoms with van der Waals surface area (Å²) in [7, 11) is 3.46. The minimum Gasteiger partial charge on any atom is -0.380 e. The van der Waals surface area contributed by atoms with Gasteiger partial charge in [-0.15, -0.1) is 0 Å². The molecule has 25 heavy (non-hydrogen) atoms. The van der Waals surface area contributed by atoms with Gasteiger partial charge in [0.25, 0.3) is 5.56 Å². The first-order chi connectivity index (χ1) is 12.0. The summed E-state index contributed by atoms with van der Waals surface area (Å²) < 4.78 is 10.0. The van der Waals surface area contributed by atoms with Gasteiger partial charge in [0.2, 0.25) is 0 Å². The summed E-state index contributed by atoms with van der Waals surface area (Å²) in [5.74, 6) is 0.802. The lowest BCUT2D eigenvalue weighted by Crippen LogP contribution is -2.51. The SMILES string of the molecule is Cn1cnc2c1c(=O)n(CC1(CCC3CCCC3)COC1)c(=O)n2C. The summed E-state index contributed by atoms with van der Waals surface area (Å²) >= 11 is 0. The van der Waals surface area contributed by atoms with Crippen LogP contribution in [0.2, 0.25) is 0 Å². The van der Waals surface area contributed by atoms with Gasteiger partial charge in [0.1, 0.15) is 0 Å². The summed E-state index contributed by atoms with van der Waals surface area (Å²) in [5.41, 5.74) is 0.311. The Morgan fingerprint density at radius 2 is 1.96 bits per heavy atom. The fourth-order valence-electron chi connectivity index (χ4n) is 4.39. The lowest BCUT2D eigenvalue weighted by atomic mass is 9.78. The van der Waals surface area contributed by atoms with Crippen molar-refractivity contribution in [3.8, 4) is 0 Å². The highest BCUT2D eigenvalue weighted by atomic mass is 16.5. The number of aromatic nitrogens is 4. The van der Waals surface area contributed by atoms with Gasteiger partial charge in [-0.1, -0.05) is 25.7 Å². The number of nitrogens with zero attached hydrogens (tertiary/aromatic N) is 4. The molecular formula is C18H26N4O3. The predicted molar refractivity (Wildman–Crippen MR) is 94.7 cm³/mol. The summed E-state index contributed by atoms with van der Waals surface area (Å²) in [6.45, 7) is 1.71. The molecule has 1 aliphatic heterocycles. The summed E-state index contributed by atoms with van der Waals surface area (Å²) in [6, 6.07) is 0. The average Bonchev–Trinajstić information content (AvgIpc) is 3.20. The van der Waals surface area contributed by atoms with Crippen molar-refractivity contribution in [2.45, 2.75) is 45.1 Å². The van der Waals surface area contributed by atoms with Gasteiger partial charge in [0, 0.05) is 26.1 Å². The Balaban J connectivity index is 1.65. The van der Waals surface area contributed by atoms with E-state index in [4.69, 9.17) is 4.74 Å². The molecule has 1 aliphatic carbocycles. The number of ether oxygens (including phenoxy) is 1. The van der Waals surface area contributed by atoms with E-state index >= 15 is 0 Å². The van der Waals surface area contributed by atoms with Crippen LogP contribution in [0.15, 0.2) is 15.9 Å². The highest BCUT2D eigenvalue weighted by Crippen LogP contribution is 2.38. The molecule has 0 aromatic carbocycles. The molecule has 3 heterocycles. The molecule has 0 radical (unpaired) electrons. The van der Waals surface area contributed by atoms with Crippen LogP contribution in [0.5, 0.6) is 0 Å². The second-order valence-corrected chi connectivity index (χ2v) is 7.94. The molecule has 7 heteroatoms. The molecular weight excluding hydrogens is 320 g/mol. The summed E-state index contributed by atoms with van der Waals surface area (Å²) in [5, 5.41) is 0. The molecule has 2 aliphatic rings. The second-order valence-electron chi connectivity index (χ2n) is 7.94. The van der Waals surface area contributed by atoms with Crippen LogP contribution in [-0.4, -0.2) is 31.9 Å². The topological polar surface area (TPSA) is 71.1 Å². The minimum absolute atomic E-state index is 0.0785. The van der Waals surface area contributed by atoms with Gasteiger partial charge >= 0.3 is 5.69 Å². The molecule has 0 amide bonds. The Hall–Kier alpha value is -1.89. The molecule has 0 N–H and O–H groups in total. The molecule has 2 fully saturated rings. The number of rotatable bonds is 5. The van der Waals surface area contributed by atoms with Crippen molar-refractivity contribution >= 4 is 11.2 Å². The Morgan fingerprint density at radius 1 is 1.24 bits per heavy atom. The van der Waals surface area contributed by atoms with E-state index < -0.39 is 0 Å². The van der Waals surface area contributed by atoms with Gasteiger partial charge in [0.15, 0.2) is 11.2 Å². The molecule has 7 nitrogen and oxygen atoms in total. The van der Waals surface area contributed by atoms with E-state index in [2.05, 4.69) is 4.98 Å². The van der Waals surface area contributed by atoms with Crippen molar-refractivity contribution in [2.24, 2.45) is 25.4 Å². The number of hydrogen-bond acceptors (Lipinski definition) is 4. The van der Waals surface area contributed by atoms with Crippen molar-refractivity contribution in [3.63, 3.8) is 0 Å². The smallest absolute Gasteiger partial charge is 0.332 e. The summed E-state index contributed by atoms with van der Waals surface area (Å²) in [4.78, 5) is 29.8. The third-order valence-corrected chi connectivity index (χ3v) is 6.07. The standard InChI is InChI=1S/C18H26N4O3/c1-20-12-19-15-14(20)16(23)22(17(24)21(15)2)9-18(10-25-11-18)8-7-13-5-3-4-6-13/h12-13H,3-11H2,1-2H3. The molecule has 136 valence electrons. The Bertz CT molecular complexity index is 897. The quantitative estimate of drug-likeness (QED) is 0.821. The van der Waals surface area contributed by atoms with E-state index in [-0.39, 0.29) is 16.7 Å². The van der Waals surface area contributed by atoms with Crippen molar-refractivity contribution in [1.29, 1.82) is 0 Å². The molecule has 0 bridgehead atoms. The third-order valence-electron chi connectivity index (χ3n) is 6.07. The zero-order valence-electron chi connectivity index (χ0n) is 15.0. The number of aryl methyl sites for hydroxylation is 2. The van der Waals surface area contributed by atoms with Crippen molar-refractivity contribution < 1.29 is 4.74 Å². The Labute approximate surface area is 146 Å². The first kappa shape index (κ1) is 16.6. The van der Waals surface area contributed by atoms with E-state index in [0.717, 1.165) is 12.3 Å². The fraction of sp³-hybridized carbons (Fsp3) is 0.722. The predicted octanol–water partition coefficient (Wildman–Crippen LogP) is 1.42. The van der Waals surface area contributed by atoms with Crippen LogP contribution in [-0.2, 0) is 25.4 Å². The van der Waals surface area contributed by atoms with Gasteiger partial charge in [-0.25, -0.2) is 9.78 Å². The van der Waals surface area contributed by atoms with Crippen molar-refractivity contribution in [1.82, 2.24) is 18.7 Å². The van der Waals surface area contributed by atoms with Crippen LogP contribution >= 0.6 is 0 Å². The van der Waals surface area contributed by atoms with Gasteiger partial charge in [0.05, 0.1) is 19.5 Å². The molecule has 2 aromatic heterocycles. The maximum atomic E-state index is 12.9. The third kappa shape index (κ3) is 2.74. The summed E-state index contributed by atoms with van der Waals surface area (Å²) in [6.07, 6.45) is 9.09. The van der Waals surface area contributed by atoms with E-state index in [1.54, 1.807) is 25.0 Å². The Kier molecular flexibility index (Phi) is 4.06. The molecule has 0 atom stereocenters. The van der Waals surface area contributed by atoms with Crippen molar-refractivity contribution in [3.05, 3.63) is 27.2 Å². The number of hydrogen-bond donors (Lipinski definition) is 0. The Morgan fingerprint density at radius 3 is 2.60 bits per heavy atom. The molecule has 4 rings (SSSR count). The lowest BCUT2D eigenvalue weighted by Gasteiger charge is -2.42. The maximum Gasteiger partial charge on any atom is 0.332 e. The first-order valence-electron chi connectivity index (χ1n) is 9.19. The highest BCUT2D eigenvalue weighted by Gasteiger charge is 2.40. The molecule has 1 saturated carbocycles. The van der Waals surface area contributed by atoms with E-state index in [0.29, 0.717) is 30.9 Å². The minimum atomic E-state index is -0.289. The maximum absolute atomic E-state index is 12.9. The second kappa shape index (κ2) is 6.12. The largest absolute Gasteiger partial charge is 0.380 e. The van der Waals surface area contributed by atoms with Crippen LogP contribution < -0.4 is 11.2 Å². The van der Waals surface area contributed by atoms with Crippen LogP contribution in [0.3, 0.4) is 0 Å². The van der Waals surface area contributed by atoms with E-state index in [1.165, 1.54) is 41.2 Å². The van der Waals surface area contributed by atoms with Gasteiger partial charge < -0.3 is 9.30 Å². The van der Waals surface area contributed by atoms with Crippen LogP contribution in [0.25, 0.3) is 11.2 Å². The number of imidazole rings is 1.